The fourth-order valence-electron chi connectivity index (χ4n) is 3.32. The fourth-order valence-corrected chi connectivity index (χ4v) is 3.32. The van der Waals surface area contributed by atoms with E-state index in [4.69, 9.17) is 6.42 Å². The van der Waals surface area contributed by atoms with Crippen molar-refractivity contribution in [3.05, 3.63) is 0 Å². The molecule has 5 nitrogen and oxygen atoms in total. The third kappa shape index (κ3) is 6.21. The molecule has 0 radical (unpaired) electrons. The molecule has 1 aliphatic heterocycles. The summed E-state index contributed by atoms with van der Waals surface area (Å²) in [6.07, 6.45) is 12.1. The van der Waals surface area contributed by atoms with Crippen molar-refractivity contribution in [2.75, 3.05) is 26.2 Å². The molecule has 2 aliphatic rings. The van der Waals surface area contributed by atoms with Crippen LogP contribution in [0.15, 0.2) is 4.99 Å². The maximum absolute atomic E-state index is 12.6. The van der Waals surface area contributed by atoms with Gasteiger partial charge in [0.2, 0.25) is 5.91 Å². The zero-order valence-corrected chi connectivity index (χ0v) is 16.3. The molecule has 1 heterocycles. The number of terminal acetylenes is 1. The predicted octanol–water partition coefficient (Wildman–Crippen LogP) is 1.97. The molecule has 0 bridgehead atoms. The minimum absolute atomic E-state index is 0. The number of amides is 1. The number of nitrogens with one attached hydrogen (secondary N) is 2. The lowest BCUT2D eigenvalue weighted by Gasteiger charge is -2.26. The van der Waals surface area contributed by atoms with Crippen LogP contribution in [0.3, 0.4) is 0 Å². The van der Waals surface area contributed by atoms with Crippen LogP contribution in [-0.2, 0) is 4.79 Å². The molecule has 0 aromatic rings. The van der Waals surface area contributed by atoms with E-state index < -0.39 is 0 Å². The maximum Gasteiger partial charge on any atom is 0.225 e. The number of hydrogen-bond acceptors (Lipinski definition) is 2. The number of carbonyl (C=O) groups is 1. The Labute approximate surface area is 157 Å². The lowest BCUT2D eigenvalue weighted by molar-refractivity contribution is -0.135. The van der Waals surface area contributed by atoms with E-state index in [2.05, 4.69) is 21.5 Å². The van der Waals surface area contributed by atoms with Crippen LogP contribution in [0, 0.1) is 18.3 Å². The van der Waals surface area contributed by atoms with Gasteiger partial charge in [-0.3, -0.25) is 4.79 Å². The molecule has 1 saturated heterocycles. The van der Waals surface area contributed by atoms with Gasteiger partial charge in [-0.05, 0) is 26.2 Å². The van der Waals surface area contributed by atoms with Crippen molar-refractivity contribution in [3.63, 3.8) is 0 Å². The lowest BCUT2D eigenvalue weighted by atomic mass is 9.88. The Morgan fingerprint density at radius 3 is 2.70 bits per heavy atom. The van der Waals surface area contributed by atoms with Crippen LogP contribution in [-0.4, -0.2) is 49.0 Å². The van der Waals surface area contributed by atoms with Crippen LogP contribution in [0.2, 0.25) is 0 Å². The minimum atomic E-state index is 0. The summed E-state index contributed by atoms with van der Waals surface area (Å²) in [5.74, 6) is 3.88. The third-order valence-electron chi connectivity index (χ3n) is 4.47. The Balaban J connectivity index is 0.00000264. The highest BCUT2D eigenvalue weighted by Crippen LogP contribution is 2.26. The molecule has 6 heteroatoms. The molecule has 2 fully saturated rings. The number of halogens is 1. The number of hydrogen-bond donors (Lipinski definition) is 2. The van der Waals surface area contributed by atoms with Gasteiger partial charge in [0, 0.05) is 31.6 Å². The van der Waals surface area contributed by atoms with Gasteiger partial charge in [-0.25, -0.2) is 4.99 Å². The molecule has 0 spiro atoms. The summed E-state index contributed by atoms with van der Waals surface area (Å²) in [5, 5.41) is 6.58. The first kappa shape index (κ1) is 20.1. The number of nitrogens with zero attached hydrogens (tertiary/aromatic N) is 2. The summed E-state index contributed by atoms with van der Waals surface area (Å²) >= 11 is 0. The van der Waals surface area contributed by atoms with Crippen molar-refractivity contribution in [3.8, 4) is 12.3 Å². The summed E-state index contributed by atoms with van der Waals surface area (Å²) in [4.78, 5) is 18.9. The van der Waals surface area contributed by atoms with Gasteiger partial charge in [0.1, 0.15) is 6.54 Å². The van der Waals surface area contributed by atoms with Gasteiger partial charge in [0.05, 0.1) is 0 Å². The van der Waals surface area contributed by atoms with E-state index in [0.717, 1.165) is 44.9 Å². The smallest absolute Gasteiger partial charge is 0.225 e. The van der Waals surface area contributed by atoms with E-state index in [1.54, 1.807) is 0 Å². The van der Waals surface area contributed by atoms with Crippen LogP contribution < -0.4 is 10.6 Å². The van der Waals surface area contributed by atoms with Crippen molar-refractivity contribution in [2.24, 2.45) is 10.9 Å². The highest BCUT2D eigenvalue weighted by molar-refractivity contribution is 14.0. The first-order valence-corrected chi connectivity index (χ1v) is 8.51. The summed E-state index contributed by atoms with van der Waals surface area (Å²) in [6.45, 7) is 4.82. The number of carbonyl (C=O) groups excluding carboxylic acids is 1. The molecule has 1 aliphatic carbocycles. The van der Waals surface area contributed by atoms with Gasteiger partial charge in [0.15, 0.2) is 5.96 Å². The molecule has 1 saturated carbocycles. The monoisotopic (exact) mass is 432 g/mol. The molecule has 0 aromatic heterocycles. The highest BCUT2D eigenvalue weighted by atomic mass is 127. The van der Waals surface area contributed by atoms with Gasteiger partial charge in [0.25, 0.3) is 0 Å². The van der Waals surface area contributed by atoms with Crippen LogP contribution in [0.5, 0.6) is 0 Å². The second-order valence-electron chi connectivity index (χ2n) is 6.15. The lowest BCUT2D eigenvalue weighted by Crippen LogP contribution is -2.45. The van der Waals surface area contributed by atoms with Crippen LogP contribution >= 0.6 is 24.0 Å². The van der Waals surface area contributed by atoms with E-state index >= 15 is 0 Å². The van der Waals surface area contributed by atoms with Gasteiger partial charge in [-0.1, -0.05) is 25.2 Å². The molecule has 2 N–H and O–H groups in total. The van der Waals surface area contributed by atoms with Gasteiger partial charge in [-0.2, -0.15) is 0 Å². The molecule has 0 aromatic carbocycles. The number of likely N-dealkylation sites (tertiary alicyclic amines) is 1. The SMILES string of the molecule is C#CCN=C(NCC)NC1CCN(C(=O)C2CCCCC2)C1.I. The van der Waals surface area contributed by atoms with Gasteiger partial charge < -0.3 is 15.5 Å². The Morgan fingerprint density at radius 2 is 2.04 bits per heavy atom. The Kier molecular flexibility index (Phi) is 9.37. The molecule has 23 heavy (non-hydrogen) atoms. The van der Waals surface area contributed by atoms with E-state index in [1.807, 2.05) is 11.8 Å². The standard InChI is InChI=1S/C17H28N4O.HI/c1-3-11-19-17(18-4-2)20-15-10-12-21(13-15)16(22)14-8-6-5-7-9-14;/h1,14-15H,4-13H2,2H3,(H2,18,19,20);1H. The quantitative estimate of drug-likeness (QED) is 0.309. The van der Waals surface area contributed by atoms with Crippen LogP contribution in [0.4, 0.5) is 0 Å². The number of aliphatic imine (C=N–C) groups is 1. The highest BCUT2D eigenvalue weighted by Gasteiger charge is 2.31. The van der Waals surface area contributed by atoms with Crippen molar-refractivity contribution in [2.45, 2.75) is 51.5 Å². The number of rotatable bonds is 4. The Hall–Kier alpha value is -0.970. The normalized spacial score (nSPS) is 22.2. The van der Waals surface area contributed by atoms with Crippen LogP contribution in [0.25, 0.3) is 0 Å². The predicted molar refractivity (Wildman–Crippen MR) is 105 cm³/mol. The molecular formula is C17H29IN4O. The zero-order valence-electron chi connectivity index (χ0n) is 14.0. The molecular weight excluding hydrogens is 403 g/mol. The Morgan fingerprint density at radius 1 is 1.30 bits per heavy atom. The summed E-state index contributed by atoms with van der Waals surface area (Å²) in [5.41, 5.74) is 0. The molecule has 130 valence electrons. The molecule has 1 unspecified atom stereocenters. The van der Waals surface area contributed by atoms with Gasteiger partial charge >= 0.3 is 0 Å². The van der Waals surface area contributed by atoms with Crippen LogP contribution in [0.1, 0.15) is 45.4 Å². The van der Waals surface area contributed by atoms with Crippen molar-refractivity contribution < 1.29 is 4.79 Å². The summed E-state index contributed by atoms with van der Waals surface area (Å²) < 4.78 is 0. The van der Waals surface area contributed by atoms with Crippen molar-refractivity contribution in [1.82, 2.24) is 15.5 Å². The summed E-state index contributed by atoms with van der Waals surface area (Å²) in [7, 11) is 0. The fraction of sp³-hybridized carbons (Fsp3) is 0.765. The van der Waals surface area contributed by atoms with E-state index in [-0.39, 0.29) is 35.9 Å². The average Bonchev–Trinajstić information content (AvgIpc) is 3.01. The Bertz CT molecular complexity index is 440. The van der Waals surface area contributed by atoms with E-state index in [0.29, 0.717) is 12.5 Å². The second-order valence-corrected chi connectivity index (χ2v) is 6.15. The van der Waals surface area contributed by atoms with Gasteiger partial charge in [-0.15, -0.1) is 30.4 Å². The maximum atomic E-state index is 12.6. The van der Waals surface area contributed by atoms with E-state index in [1.165, 1.54) is 19.3 Å². The van der Waals surface area contributed by atoms with Crippen molar-refractivity contribution in [1.29, 1.82) is 0 Å². The number of guanidine groups is 1. The first-order chi connectivity index (χ1) is 10.7. The first-order valence-electron chi connectivity index (χ1n) is 8.51. The summed E-state index contributed by atoms with van der Waals surface area (Å²) in [6, 6.07) is 0.267. The average molecular weight is 432 g/mol. The van der Waals surface area contributed by atoms with E-state index in [9.17, 15) is 4.79 Å². The largest absolute Gasteiger partial charge is 0.357 e. The molecule has 1 atom stereocenters. The second kappa shape index (κ2) is 10.7. The van der Waals surface area contributed by atoms with Crippen molar-refractivity contribution >= 4 is 35.8 Å². The zero-order chi connectivity index (χ0) is 15.8. The third-order valence-corrected chi connectivity index (χ3v) is 4.47. The molecule has 1 amide bonds. The minimum Gasteiger partial charge on any atom is -0.357 e. The topological polar surface area (TPSA) is 56.7 Å². The molecule has 2 rings (SSSR count).